The highest BCUT2D eigenvalue weighted by atomic mass is 16.6. The molecule has 5 N–H and O–H groups in total. The minimum atomic E-state index is -1.43. The van der Waals surface area contributed by atoms with Gasteiger partial charge >= 0.3 is 11.9 Å². The lowest BCUT2D eigenvalue weighted by atomic mass is 9.92. The highest BCUT2D eigenvalue weighted by Crippen LogP contribution is 2.25. The van der Waals surface area contributed by atoms with Crippen molar-refractivity contribution in [3.05, 3.63) is 41.5 Å². The van der Waals surface area contributed by atoms with Gasteiger partial charge in [0.05, 0.1) is 6.10 Å². The second-order valence-electron chi connectivity index (χ2n) is 5.24. The number of ether oxygens (including phenoxy) is 1. The first kappa shape index (κ1) is 17.5. The van der Waals surface area contributed by atoms with Gasteiger partial charge in [0.2, 0.25) is 0 Å². The fraction of sp³-hybridized carbons (Fsp3) is 0.250. The fourth-order valence-corrected chi connectivity index (χ4v) is 2.17. The van der Waals surface area contributed by atoms with Crippen LogP contribution in [0.2, 0.25) is 0 Å². The largest absolute Gasteiger partial charge is 0.504 e. The highest BCUT2D eigenvalue weighted by molar-refractivity contribution is 5.89. The number of carboxylic acids is 1. The number of rotatable bonds is 4. The number of aliphatic hydroxyl groups excluding tert-OH is 2. The van der Waals surface area contributed by atoms with Crippen molar-refractivity contribution in [2.45, 2.75) is 24.7 Å². The number of aliphatic carboxylic acids is 1. The topological polar surface area (TPSA) is 145 Å². The summed E-state index contributed by atoms with van der Waals surface area (Å²) in [6.07, 6.45) is -0.918. The van der Waals surface area contributed by atoms with E-state index in [0.29, 0.717) is 5.56 Å². The molecule has 0 unspecified atom stereocenters. The van der Waals surface area contributed by atoms with Gasteiger partial charge in [0.1, 0.15) is 12.2 Å². The first-order valence-electron chi connectivity index (χ1n) is 6.98. The molecule has 0 amide bonds. The molecule has 0 bridgehead atoms. The van der Waals surface area contributed by atoms with Crippen LogP contribution in [-0.2, 0) is 14.3 Å². The smallest absolute Gasteiger partial charge is 0.331 e. The molecular formula is C16H16O8. The second kappa shape index (κ2) is 7.16. The van der Waals surface area contributed by atoms with Gasteiger partial charge in [0, 0.05) is 18.1 Å². The molecule has 0 heterocycles. The maximum absolute atomic E-state index is 11.8. The maximum Gasteiger partial charge on any atom is 0.331 e. The molecule has 1 aliphatic rings. The van der Waals surface area contributed by atoms with Crippen LogP contribution in [0, 0.1) is 0 Å². The number of aromatic hydroxyl groups is 2. The molecule has 0 aromatic heterocycles. The third kappa shape index (κ3) is 4.12. The van der Waals surface area contributed by atoms with Gasteiger partial charge in [0.25, 0.3) is 0 Å². The predicted molar refractivity (Wildman–Crippen MR) is 81.0 cm³/mol. The number of esters is 1. The van der Waals surface area contributed by atoms with Gasteiger partial charge in [0.15, 0.2) is 11.5 Å². The van der Waals surface area contributed by atoms with Crippen LogP contribution in [0.5, 0.6) is 11.5 Å². The van der Waals surface area contributed by atoms with E-state index in [1.807, 2.05) is 0 Å². The van der Waals surface area contributed by atoms with E-state index in [1.54, 1.807) is 0 Å². The Bertz CT molecular complexity index is 706. The van der Waals surface area contributed by atoms with Crippen molar-refractivity contribution >= 4 is 18.0 Å². The Labute approximate surface area is 136 Å². The van der Waals surface area contributed by atoms with Crippen LogP contribution in [0.25, 0.3) is 6.08 Å². The molecule has 128 valence electrons. The summed E-state index contributed by atoms with van der Waals surface area (Å²) in [7, 11) is 0. The van der Waals surface area contributed by atoms with Gasteiger partial charge in [-0.15, -0.1) is 0 Å². The van der Waals surface area contributed by atoms with Crippen LogP contribution in [0.3, 0.4) is 0 Å². The van der Waals surface area contributed by atoms with Crippen LogP contribution in [0.15, 0.2) is 35.9 Å². The standard InChI is InChI=1S/C16H16O8/c17-10-3-1-8(5-11(10)18)2-4-14(20)24-13-7-9(16(22)23)6-12(19)15(13)21/h1-5,7,12-13,15,17-19,21H,6H2,(H,22,23)/b4-2+/t12-,13-,15-/m1/s1. The summed E-state index contributed by atoms with van der Waals surface area (Å²) in [5, 5.41) is 46.9. The summed E-state index contributed by atoms with van der Waals surface area (Å²) >= 11 is 0. The molecule has 1 aliphatic carbocycles. The summed E-state index contributed by atoms with van der Waals surface area (Å²) in [4.78, 5) is 22.7. The summed E-state index contributed by atoms with van der Waals surface area (Å²) in [6, 6.07) is 3.91. The molecule has 0 fully saturated rings. The molecule has 1 aromatic rings. The number of hydrogen-bond acceptors (Lipinski definition) is 7. The summed E-state index contributed by atoms with van der Waals surface area (Å²) in [6.45, 7) is 0. The van der Waals surface area contributed by atoms with E-state index in [0.717, 1.165) is 12.2 Å². The van der Waals surface area contributed by atoms with Crippen molar-refractivity contribution < 1.29 is 39.9 Å². The van der Waals surface area contributed by atoms with E-state index in [2.05, 4.69) is 0 Å². The van der Waals surface area contributed by atoms with Crippen LogP contribution in [0.1, 0.15) is 12.0 Å². The normalized spacial score (nSPS) is 23.8. The zero-order valence-corrected chi connectivity index (χ0v) is 12.4. The number of benzene rings is 1. The molecule has 2 rings (SSSR count). The summed E-state index contributed by atoms with van der Waals surface area (Å²) < 4.78 is 4.94. The Balaban J connectivity index is 2.07. The van der Waals surface area contributed by atoms with Crippen molar-refractivity contribution in [3.8, 4) is 11.5 Å². The number of phenols is 2. The Morgan fingerprint density at radius 1 is 1.17 bits per heavy atom. The number of carboxylic acid groups (broad SMARTS) is 1. The van der Waals surface area contributed by atoms with E-state index in [4.69, 9.17) is 9.84 Å². The van der Waals surface area contributed by atoms with Crippen molar-refractivity contribution in [2.24, 2.45) is 0 Å². The molecule has 24 heavy (non-hydrogen) atoms. The minimum Gasteiger partial charge on any atom is -0.504 e. The number of carbonyl (C=O) groups is 2. The Kier molecular flexibility index (Phi) is 5.22. The van der Waals surface area contributed by atoms with Gasteiger partial charge in [-0.3, -0.25) is 0 Å². The van der Waals surface area contributed by atoms with Gasteiger partial charge in [-0.25, -0.2) is 9.59 Å². The van der Waals surface area contributed by atoms with Crippen molar-refractivity contribution in [3.63, 3.8) is 0 Å². The third-order valence-electron chi connectivity index (χ3n) is 3.46. The van der Waals surface area contributed by atoms with Crippen molar-refractivity contribution in [1.29, 1.82) is 0 Å². The van der Waals surface area contributed by atoms with E-state index in [9.17, 15) is 30.0 Å². The molecule has 0 radical (unpaired) electrons. The lowest BCUT2D eigenvalue weighted by Crippen LogP contribution is -2.43. The second-order valence-corrected chi connectivity index (χ2v) is 5.24. The molecule has 0 spiro atoms. The molecule has 0 saturated carbocycles. The molecule has 8 nitrogen and oxygen atoms in total. The Morgan fingerprint density at radius 2 is 1.88 bits per heavy atom. The fourth-order valence-electron chi connectivity index (χ4n) is 2.17. The highest BCUT2D eigenvalue weighted by Gasteiger charge is 2.34. The summed E-state index contributed by atoms with van der Waals surface area (Å²) in [5.41, 5.74) is 0.256. The van der Waals surface area contributed by atoms with E-state index >= 15 is 0 Å². The first-order chi connectivity index (χ1) is 11.3. The van der Waals surface area contributed by atoms with E-state index in [1.165, 1.54) is 24.3 Å². The Hall–Kier alpha value is -2.84. The molecule has 8 heteroatoms. The SMILES string of the molecule is O=C(/C=C/c1ccc(O)c(O)c1)O[C@@H]1C=C(C(=O)O)C[C@@H](O)[C@H]1O. The summed E-state index contributed by atoms with van der Waals surface area (Å²) in [5.74, 6) is -2.80. The molecule has 0 aliphatic heterocycles. The molecule has 3 atom stereocenters. The number of aliphatic hydroxyl groups is 2. The third-order valence-corrected chi connectivity index (χ3v) is 3.46. The van der Waals surface area contributed by atoms with Gasteiger partial charge in [-0.1, -0.05) is 6.07 Å². The number of phenolic OH excluding ortho intramolecular Hbond substituents is 2. The van der Waals surface area contributed by atoms with Crippen molar-refractivity contribution in [2.75, 3.05) is 0 Å². The number of carbonyl (C=O) groups excluding carboxylic acids is 1. The average molecular weight is 336 g/mol. The van der Waals surface area contributed by atoms with Crippen molar-refractivity contribution in [1.82, 2.24) is 0 Å². The van der Waals surface area contributed by atoms with Crippen LogP contribution < -0.4 is 0 Å². The van der Waals surface area contributed by atoms with E-state index in [-0.39, 0.29) is 23.5 Å². The van der Waals surface area contributed by atoms with Gasteiger partial charge in [-0.2, -0.15) is 0 Å². The van der Waals surface area contributed by atoms with E-state index < -0.39 is 30.3 Å². The monoisotopic (exact) mass is 336 g/mol. The van der Waals surface area contributed by atoms with Crippen LogP contribution in [0.4, 0.5) is 0 Å². The quantitative estimate of drug-likeness (QED) is 0.297. The number of hydrogen-bond donors (Lipinski definition) is 5. The zero-order valence-electron chi connectivity index (χ0n) is 12.4. The predicted octanol–water partition coefficient (Wildman–Crippen LogP) is 0.159. The lowest BCUT2D eigenvalue weighted by Gasteiger charge is -2.28. The zero-order chi connectivity index (χ0) is 17.9. The average Bonchev–Trinajstić information content (AvgIpc) is 2.52. The molecule has 1 aromatic carbocycles. The molecule has 0 saturated heterocycles. The maximum atomic E-state index is 11.8. The van der Waals surface area contributed by atoms with Gasteiger partial charge in [-0.05, 0) is 29.8 Å². The minimum absolute atomic E-state index is 0.155. The first-order valence-corrected chi connectivity index (χ1v) is 6.98. The van der Waals surface area contributed by atoms with Gasteiger partial charge < -0.3 is 30.3 Å². The molecular weight excluding hydrogens is 320 g/mol. The lowest BCUT2D eigenvalue weighted by molar-refractivity contribution is -0.151. The van der Waals surface area contributed by atoms with Crippen LogP contribution in [-0.4, -0.2) is 55.8 Å². The van der Waals surface area contributed by atoms with Crippen LogP contribution >= 0.6 is 0 Å². The Morgan fingerprint density at radius 3 is 2.50 bits per heavy atom.